The van der Waals surface area contributed by atoms with Gasteiger partial charge in [0.2, 0.25) is 0 Å². The lowest BCUT2D eigenvalue weighted by atomic mass is 9.97. The standard InChI is InChI=1S/C25H27F4N5OS/c1-32-9-6-16(12-21(32)35)22-30-31-23(33(22)2)36-11-3-8-34-10-7-24(15-34)14-19(24)18-5-4-17(13-20(18)26)25(27,28)29/h4-6,9,12-13,19H,3,7-8,10-11,14-15H2,1-2H3. The van der Waals surface area contributed by atoms with Crippen molar-refractivity contribution in [3.05, 3.63) is 63.8 Å². The number of benzene rings is 1. The monoisotopic (exact) mass is 521 g/mol. The highest BCUT2D eigenvalue weighted by Crippen LogP contribution is 2.64. The molecule has 1 aliphatic carbocycles. The maximum atomic E-state index is 14.4. The molecule has 3 aromatic rings. The average molecular weight is 522 g/mol. The fraction of sp³-hybridized carbons (Fsp3) is 0.480. The van der Waals surface area contributed by atoms with Gasteiger partial charge in [-0.3, -0.25) is 4.79 Å². The summed E-state index contributed by atoms with van der Waals surface area (Å²) in [4.78, 5) is 14.3. The van der Waals surface area contributed by atoms with Gasteiger partial charge in [-0.15, -0.1) is 10.2 Å². The third-order valence-corrected chi connectivity index (χ3v) is 8.51. The van der Waals surface area contributed by atoms with E-state index in [0.29, 0.717) is 17.5 Å². The molecule has 1 saturated heterocycles. The Morgan fingerprint density at radius 1 is 1.17 bits per heavy atom. The van der Waals surface area contributed by atoms with Gasteiger partial charge in [0.15, 0.2) is 11.0 Å². The van der Waals surface area contributed by atoms with Crippen LogP contribution >= 0.6 is 11.8 Å². The highest BCUT2D eigenvalue weighted by atomic mass is 32.2. The maximum absolute atomic E-state index is 14.4. The van der Waals surface area contributed by atoms with Crippen molar-refractivity contribution in [1.29, 1.82) is 0 Å². The van der Waals surface area contributed by atoms with Crippen LogP contribution in [0.1, 0.15) is 36.3 Å². The SMILES string of the molecule is Cn1c(SCCCN2CCC3(CC3c3ccc(C(F)(F)F)cc3F)C2)nnc1-c1ccn(C)c(=O)c1. The van der Waals surface area contributed by atoms with Crippen molar-refractivity contribution in [3.63, 3.8) is 0 Å². The second-order valence-electron chi connectivity index (χ2n) is 9.81. The van der Waals surface area contributed by atoms with Crippen molar-refractivity contribution < 1.29 is 17.6 Å². The van der Waals surface area contributed by atoms with Crippen molar-refractivity contribution in [2.75, 3.05) is 25.4 Å². The summed E-state index contributed by atoms with van der Waals surface area (Å²) in [6, 6.07) is 6.32. The predicted molar refractivity (Wildman–Crippen MR) is 129 cm³/mol. The summed E-state index contributed by atoms with van der Waals surface area (Å²) in [6.07, 6.45) is -0.124. The zero-order chi connectivity index (χ0) is 25.7. The minimum Gasteiger partial charge on any atom is -0.319 e. The number of pyridine rings is 1. The Labute approximate surface area is 210 Å². The Balaban J connectivity index is 1.11. The highest BCUT2D eigenvalue weighted by molar-refractivity contribution is 7.99. The highest BCUT2D eigenvalue weighted by Gasteiger charge is 2.58. The molecule has 2 aromatic heterocycles. The average Bonchev–Trinajstić information content (AvgIpc) is 3.15. The summed E-state index contributed by atoms with van der Waals surface area (Å²) >= 11 is 1.61. The molecule has 0 N–H and O–H groups in total. The van der Waals surface area contributed by atoms with Crippen LogP contribution < -0.4 is 5.56 Å². The first-order valence-electron chi connectivity index (χ1n) is 11.9. The van der Waals surface area contributed by atoms with E-state index < -0.39 is 17.6 Å². The lowest BCUT2D eigenvalue weighted by Crippen LogP contribution is -2.23. The lowest BCUT2D eigenvalue weighted by molar-refractivity contribution is -0.137. The Kier molecular flexibility index (Phi) is 6.48. The number of rotatable bonds is 7. The number of likely N-dealkylation sites (tertiary alicyclic amines) is 1. The quantitative estimate of drug-likeness (QED) is 0.256. The van der Waals surface area contributed by atoms with Crippen LogP contribution in [-0.4, -0.2) is 49.6 Å². The summed E-state index contributed by atoms with van der Waals surface area (Å²) in [5.41, 5.74) is 0.0820. The van der Waals surface area contributed by atoms with Crippen LogP contribution in [0.25, 0.3) is 11.4 Å². The van der Waals surface area contributed by atoms with Crippen LogP contribution in [0.15, 0.2) is 46.5 Å². The molecule has 192 valence electrons. The number of halogens is 4. The van der Waals surface area contributed by atoms with Crippen LogP contribution in [0.5, 0.6) is 0 Å². The zero-order valence-electron chi connectivity index (χ0n) is 20.1. The third kappa shape index (κ3) is 4.82. The summed E-state index contributed by atoms with van der Waals surface area (Å²) < 4.78 is 56.4. The number of thioether (sulfide) groups is 1. The van der Waals surface area contributed by atoms with Gasteiger partial charge in [-0.2, -0.15) is 13.2 Å². The Bertz CT molecular complexity index is 1340. The normalized spacial score (nSPS) is 22.0. The summed E-state index contributed by atoms with van der Waals surface area (Å²) in [6.45, 7) is 2.66. The fourth-order valence-electron chi connectivity index (χ4n) is 5.23. The molecular formula is C25H27F4N5OS. The molecule has 0 amide bonds. The molecule has 2 unspecified atom stereocenters. The van der Waals surface area contributed by atoms with Gasteiger partial charge < -0.3 is 14.0 Å². The van der Waals surface area contributed by atoms with Gasteiger partial charge in [0, 0.05) is 44.2 Å². The number of hydrogen-bond acceptors (Lipinski definition) is 5. The summed E-state index contributed by atoms with van der Waals surface area (Å²) in [7, 11) is 3.58. The van der Waals surface area contributed by atoms with Gasteiger partial charge in [0.1, 0.15) is 5.82 Å². The van der Waals surface area contributed by atoms with Crippen molar-refractivity contribution >= 4 is 11.8 Å². The van der Waals surface area contributed by atoms with Crippen LogP contribution in [-0.2, 0) is 20.3 Å². The molecule has 2 atom stereocenters. The van der Waals surface area contributed by atoms with Gasteiger partial charge in [0.25, 0.3) is 5.56 Å². The van der Waals surface area contributed by atoms with E-state index in [0.717, 1.165) is 61.4 Å². The van der Waals surface area contributed by atoms with Crippen molar-refractivity contribution in [2.24, 2.45) is 19.5 Å². The van der Waals surface area contributed by atoms with E-state index in [1.807, 2.05) is 17.7 Å². The molecule has 1 spiro atoms. The number of aryl methyl sites for hydroxylation is 1. The fourth-order valence-corrected chi connectivity index (χ4v) is 6.07. The second kappa shape index (κ2) is 9.33. The minimum atomic E-state index is -4.53. The molecule has 11 heteroatoms. The molecule has 1 aliphatic heterocycles. The van der Waals surface area contributed by atoms with Crippen LogP contribution in [0, 0.1) is 11.2 Å². The summed E-state index contributed by atoms with van der Waals surface area (Å²) in [5.74, 6) is 0.738. The predicted octanol–water partition coefficient (Wildman–Crippen LogP) is 4.70. The van der Waals surface area contributed by atoms with E-state index in [4.69, 9.17) is 0 Å². The smallest absolute Gasteiger partial charge is 0.319 e. The van der Waals surface area contributed by atoms with E-state index in [-0.39, 0.29) is 16.9 Å². The van der Waals surface area contributed by atoms with Crippen molar-refractivity contribution in [2.45, 2.75) is 36.5 Å². The lowest BCUT2D eigenvalue weighted by Gasteiger charge is -2.16. The second-order valence-corrected chi connectivity index (χ2v) is 10.9. The van der Waals surface area contributed by atoms with Gasteiger partial charge >= 0.3 is 6.18 Å². The zero-order valence-corrected chi connectivity index (χ0v) is 20.9. The van der Waals surface area contributed by atoms with Crippen molar-refractivity contribution in [3.8, 4) is 11.4 Å². The van der Waals surface area contributed by atoms with E-state index in [9.17, 15) is 22.4 Å². The minimum absolute atomic E-state index is 0.00830. The largest absolute Gasteiger partial charge is 0.416 e. The van der Waals surface area contributed by atoms with Crippen LogP contribution in [0.2, 0.25) is 0 Å². The van der Waals surface area contributed by atoms with Gasteiger partial charge in [-0.25, -0.2) is 4.39 Å². The number of hydrogen-bond donors (Lipinski definition) is 0. The topological polar surface area (TPSA) is 56.0 Å². The number of aromatic nitrogens is 4. The first-order chi connectivity index (χ1) is 17.1. The van der Waals surface area contributed by atoms with E-state index >= 15 is 0 Å². The number of nitrogens with zero attached hydrogens (tertiary/aromatic N) is 5. The molecule has 0 radical (unpaired) electrons. The molecular weight excluding hydrogens is 494 g/mol. The van der Waals surface area contributed by atoms with E-state index in [2.05, 4.69) is 15.1 Å². The van der Waals surface area contributed by atoms with Crippen LogP contribution in [0.3, 0.4) is 0 Å². The maximum Gasteiger partial charge on any atom is 0.416 e. The molecule has 2 fully saturated rings. The number of alkyl halides is 3. The van der Waals surface area contributed by atoms with Gasteiger partial charge in [-0.05, 0) is 67.4 Å². The first-order valence-corrected chi connectivity index (χ1v) is 12.8. The summed E-state index contributed by atoms with van der Waals surface area (Å²) in [5, 5.41) is 9.29. The molecule has 6 nitrogen and oxygen atoms in total. The Morgan fingerprint density at radius 3 is 2.69 bits per heavy atom. The molecule has 2 aliphatic rings. The molecule has 5 rings (SSSR count). The van der Waals surface area contributed by atoms with Gasteiger partial charge in [-0.1, -0.05) is 17.8 Å². The molecule has 1 aromatic carbocycles. The van der Waals surface area contributed by atoms with Crippen LogP contribution in [0.4, 0.5) is 17.6 Å². The molecule has 0 bridgehead atoms. The third-order valence-electron chi connectivity index (χ3n) is 7.40. The molecule has 1 saturated carbocycles. The van der Waals surface area contributed by atoms with E-state index in [1.54, 1.807) is 31.1 Å². The molecule has 3 heterocycles. The van der Waals surface area contributed by atoms with E-state index in [1.165, 1.54) is 10.6 Å². The molecule has 36 heavy (non-hydrogen) atoms. The first kappa shape index (κ1) is 25.0. The van der Waals surface area contributed by atoms with Gasteiger partial charge in [0.05, 0.1) is 5.56 Å². The van der Waals surface area contributed by atoms with Crippen molar-refractivity contribution in [1.82, 2.24) is 24.2 Å². The Hall–Kier alpha value is -2.66. The Morgan fingerprint density at radius 2 is 1.97 bits per heavy atom.